The predicted molar refractivity (Wildman–Crippen MR) is 64.8 cm³/mol. The molecule has 1 aliphatic rings. The molecule has 2 heterocycles. The molecule has 0 bridgehead atoms. The number of hydrogen-bond acceptors (Lipinski definition) is 0. The van der Waals surface area contributed by atoms with Crippen molar-refractivity contribution in [2.75, 3.05) is 0 Å². The monoisotopic (exact) mass is 195 g/mol. The van der Waals surface area contributed by atoms with E-state index in [1.54, 1.807) is 0 Å². The minimum Gasteiger partial charge on any atom is -0.351 e. The lowest BCUT2D eigenvalue weighted by molar-refractivity contribution is 0.533. The van der Waals surface area contributed by atoms with E-state index in [2.05, 4.69) is 23.8 Å². The Hall–Kier alpha value is -0.720. The minimum atomic E-state index is 1.24. The van der Waals surface area contributed by atoms with Crippen LogP contribution in [0.3, 0.4) is 0 Å². The fourth-order valence-electron chi connectivity index (χ4n) is 1.72. The lowest BCUT2D eigenvalue weighted by atomic mass is 10.1. The highest BCUT2D eigenvalue weighted by molar-refractivity contribution is 5.18. The molecule has 0 atom stereocenters. The Morgan fingerprint density at radius 1 is 1.07 bits per heavy atom. The molecule has 1 nitrogen and oxygen atoms in total. The van der Waals surface area contributed by atoms with Crippen molar-refractivity contribution in [2.45, 2.75) is 60.4 Å². The van der Waals surface area contributed by atoms with Crippen LogP contribution in [-0.4, -0.2) is 4.57 Å². The van der Waals surface area contributed by atoms with E-state index in [-0.39, 0.29) is 0 Å². The zero-order valence-electron chi connectivity index (χ0n) is 10.4. The van der Waals surface area contributed by atoms with Gasteiger partial charge in [0.15, 0.2) is 0 Å². The van der Waals surface area contributed by atoms with Crippen LogP contribution in [0.2, 0.25) is 0 Å². The van der Waals surface area contributed by atoms with Crippen LogP contribution in [-0.2, 0) is 13.0 Å². The first-order chi connectivity index (χ1) is 6.86. The van der Waals surface area contributed by atoms with Crippen LogP contribution in [0.4, 0.5) is 0 Å². The van der Waals surface area contributed by atoms with E-state index < -0.39 is 0 Å². The van der Waals surface area contributed by atoms with Crippen molar-refractivity contribution in [3.63, 3.8) is 0 Å². The van der Waals surface area contributed by atoms with Crippen LogP contribution in [0.5, 0.6) is 0 Å². The van der Waals surface area contributed by atoms with Gasteiger partial charge in [-0.15, -0.1) is 0 Å². The van der Waals surface area contributed by atoms with Gasteiger partial charge in [0.05, 0.1) is 0 Å². The van der Waals surface area contributed by atoms with E-state index in [0.717, 1.165) is 0 Å². The van der Waals surface area contributed by atoms with Crippen LogP contribution in [0.15, 0.2) is 12.3 Å². The van der Waals surface area contributed by atoms with Crippen LogP contribution in [0, 0.1) is 6.92 Å². The van der Waals surface area contributed by atoms with Gasteiger partial charge in [-0.25, -0.2) is 0 Å². The third-order valence-electron chi connectivity index (χ3n) is 2.20. The Bertz CT molecular complexity index is 212. The SMILES string of the molecule is CC.CC.Cc1cc2n(c1)CCCC2. The van der Waals surface area contributed by atoms with E-state index in [0.29, 0.717) is 0 Å². The number of nitrogens with zero attached hydrogens (tertiary/aromatic N) is 1. The van der Waals surface area contributed by atoms with Crippen molar-refractivity contribution < 1.29 is 0 Å². The zero-order chi connectivity index (χ0) is 11.0. The lowest BCUT2D eigenvalue weighted by Crippen LogP contribution is -2.07. The molecule has 0 N–H and O–H groups in total. The number of fused-ring (bicyclic) bond motifs is 1. The fourth-order valence-corrected chi connectivity index (χ4v) is 1.72. The molecular formula is C13H25N. The van der Waals surface area contributed by atoms with E-state index in [4.69, 9.17) is 0 Å². The predicted octanol–water partition coefficient (Wildman–Crippen LogP) is 4.19. The number of aromatic nitrogens is 1. The van der Waals surface area contributed by atoms with Gasteiger partial charge in [-0.05, 0) is 37.8 Å². The maximum atomic E-state index is 2.39. The van der Waals surface area contributed by atoms with Crippen molar-refractivity contribution in [3.8, 4) is 0 Å². The maximum Gasteiger partial charge on any atom is 0.0222 e. The Labute approximate surface area is 89.1 Å². The Kier molecular flexibility index (Phi) is 7.27. The van der Waals surface area contributed by atoms with Crippen molar-refractivity contribution in [1.82, 2.24) is 4.57 Å². The number of hydrogen-bond donors (Lipinski definition) is 0. The van der Waals surface area contributed by atoms with Crippen LogP contribution in [0.25, 0.3) is 0 Å². The molecule has 0 aromatic carbocycles. The second-order valence-electron chi connectivity index (χ2n) is 3.16. The van der Waals surface area contributed by atoms with E-state index in [1.165, 1.54) is 37.1 Å². The molecule has 82 valence electrons. The van der Waals surface area contributed by atoms with Gasteiger partial charge in [0.25, 0.3) is 0 Å². The van der Waals surface area contributed by atoms with E-state index >= 15 is 0 Å². The van der Waals surface area contributed by atoms with Crippen LogP contribution in [0.1, 0.15) is 51.8 Å². The molecule has 0 radical (unpaired) electrons. The van der Waals surface area contributed by atoms with E-state index in [1.807, 2.05) is 27.7 Å². The minimum absolute atomic E-state index is 1.24. The summed E-state index contributed by atoms with van der Waals surface area (Å²) in [5.41, 5.74) is 2.95. The molecule has 2 rings (SSSR count). The average Bonchev–Trinajstić information content (AvgIpc) is 2.64. The summed E-state index contributed by atoms with van der Waals surface area (Å²) in [6.45, 7) is 11.4. The van der Waals surface area contributed by atoms with Gasteiger partial charge in [-0.1, -0.05) is 27.7 Å². The number of rotatable bonds is 0. The normalized spacial score (nSPS) is 12.9. The van der Waals surface area contributed by atoms with Gasteiger partial charge in [0, 0.05) is 18.4 Å². The van der Waals surface area contributed by atoms with Crippen molar-refractivity contribution >= 4 is 0 Å². The molecule has 1 aliphatic heterocycles. The summed E-state index contributed by atoms with van der Waals surface area (Å²) >= 11 is 0. The highest BCUT2D eigenvalue weighted by Gasteiger charge is 2.07. The van der Waals surface area contributed by atoms with Gasteiger partial charge >= 0.3 is 0 Å². The first kappa shape index (κ1) is 13.3. The van der Waals surface area contributed by atoms with Gasteiger partial charge < -0.3 is 4.57 Å². The molecule has 1 heteroatoms. The smallest absolute Gasteiger partial charge is 0.0222 e. The van der Waals surface area contributed by atoms with Gasteiger partial charge in [0.2, 0.25) is 0 Å². The third-order valence-corrected chi connectivity index (χ3v) is 2.20. The summed E-state index contributed by atoms with van der Waals surface area (Å²) in [6, 6.07) is 2.30. The topological polar surface area (TPSA) is 4.93 Å². The Morgan fingerprint density at radius 2 is 1.71 bits per heavy atom. The van der Waals surface area contributed by atoms with Crippen molar-refractivity contribution in [3.05, 3.63) is 23.5 Å². The molecule has 0 saturated heterocycles. The third kappa shape index (κ3) is 3.57. The van der Waals surface area contributed by atoms with Gasteiger partial charge in [-0.2, -0.15) is 0 Å². The summed E-state index contributed by atoms with van der Waals surface area (Å²) < 4.78 is 2.39. The summed E-state index contributed by atoms with van der Waals surface area (Å²) in [7, 11) is 0. The molecule has 0 saturated carbocycles. The standard InChI is InChI=1S/C9H13N.2C2H6/c1-8-6-9-4-2-3-5-10(9)7-8;2*1-2/h6-7H,2-5H2,1H3;2*1-2H3. The lowest BCUT2D eigenvalue weighted by Gasteiger charge is -2.13. The van der Waals surface area contributed by atoms with Crippen LogP contribution < -0.4 is 0 Å². The summed E-state index contributed by atoms with van der Waals surface area (Å²) in [5, 5.41) is 0. The molecule has 0 unspecified atom stereocenters. The first-order valence-corrected chi connectivity index (χ1v) is 6.02. The second-order valence-corrected chi connectivity index (χ2v) is 3.16. The molecule has 1 aromatic heterocycles. The fraction of sp³-hybridized carbons (Fsp3) is 0.692. The Morgan fingerprint density at radius 3 is 2.29 bits per heavy atom. The van der Waals surface area contributed by atoms with Gasteiger partial charge in [-0.3, -0.25) is 0 Å². The van der Waals surface area contributed by atoms with Crippen molar-refractivity contribution in [2.24, 2.45) is 0 Å². The summed E-state index contributed by atoms with van der Waals surface area (Å²) in [4.78, 5) is 0. The summed E-state index contributed by atoms with van der Waals surface area (Å²) in [6.07, 6.45) is 6.28. The molecule has 0 fully saturated rings. The molecular weight excluding hydrogens is 170 g/mol. The average molecular weight is 195 g/mol. The maximum absolute atomic E-state index is 2.39. The zero-order valence-corrected chi connectivity index (χ0v) is 10.4. The van der Waals surface area contributed by atoms with Crippen molar-refractivity contribution in [1.29, 1.82) is 0 Å². The quantitative estimate of drug-likeness (QED) is 0.585. The number of aryl methyl sites for hydroxylation is 3. The molecule has 0 amide bonds. The highest BCUT2D eigenvalue weighted by Crippen LogP contribution is 2.16. The largest absolute Gasteiger partial charge is 0.351 e. The van der Waals surface area contributed by atoms with Crippen LogP contribution >= 0.6 is 0 Å². The van der Waals surface area contributed by atoms with Gasteiger partial charge in [0.1, 0.15) is 0 Å². The summed E-state index contributed by atoms with van der Waals surface area (Å²) in [5.74, 6) is 0. The highest BCUT2D eigenvalue weighted by atomic mass is 15.0. The Balaban J connectivity index is 0.000000379. The molecule has 0 spiro atoms. The second kappa shape index (κ2) is 7.66. The molecule has 14 heavy (non-hydrogen) atoms. The first-order valence-electron chi connectivity index (χ1n) is 6.02. The molecule has 0 aliphatic carbocycles. The van der Waals surface area contributed by atoms with E-state index in [9.17, 15) is 0 Å². The molecule has 1 aromatic rings.